The van der Waals surface area contributed by atoms with Gasteiger partial charge in [-0.05, 0) is 49.7 Å². The average molecular weight is 496 g/mol. The Labute approximate surface area is 194 Å². The third-order valence-corrected chi connectivity index (χ3v) is 7.70. The van der Waals surface area contributed by atoms with Gasteiger partial charge in [-0.1, -0.05) is 22.8 Å². The average Bonchev–Trinajstić information content (AvgIpc) is 2.98. The van der Waals surface area contributed by atoms with E-state index in [1.54, 1.807) is 6.92 Å². The van der Waals surface area contributed by atoms with Gasteiger partial charge in [0.05, 0.1) is 15.5 Å². The molecule has 1 saturated heterocycles. The second kappa shape index (κ2) is 9.20. The van der Waals surface area contributed by atoms with E-state index in [2.05, 4.69) is 5.16 Å². The van der Waals surface area contributed by atoms with Gasteiger partial charge < -0.3 is 9.42 Å². The zero-order chi connectivity index (χ0) is 23.8. The van der Waals surface area contributed by atoms with Crippen molar-refractivity contribution in [3.8, 4) is 11.3 Å². The Hall–Kier alpha value is -2.82. The Kier molecular flexibility index (Phi) is 6.51. The van der Waals surface area contributed by atoms with Crippen molar-refractivity contribution in [2.24, 2.45) is 0 Å². The molecule has 7 nitrogen and oxygen atoms in total. The summed E-state index contributed by atoms with van der Waals surface area (Å²) in [7, 11) is -3.84. The van der Waals surface area contributed by atoms with Crippen LogP contribution in [0.2, 0.25) is 5.02 Å². The third kappa shape index (κ3) is 4.50. The Morgan fingerprint density at radius 1 is 1.06 bits per heavy atom. The number of hydrogen-bond acceptors (Lipinski definition) is 5. The number of nitrogens with zero attached hydrogens (tertiary/aromatic N) is 3. The molecule has 0 N–H and O–H groups in total. The maximum Gasteiger partial charge on any atom is 0.259 e. The summed E-state index contributed by atoms with van der Waals surface area (Å²) >= 11 is 6.16. The van der Waals surface area contributed by atoms with Gasteiger partial charge in [-0.25, -0.2) is 17.2 Å². The lowest BCUT2D eigenvalue weighted by Gasteiger charge is -2.22. The minimum absolute atomic E-state index is 0.000590. The van der Waals surface area contributed by atoms with Crippen LogP contribution in [0.15, 0.2) is 51.9 Å². The third-order valence-electron chi connectivity index (χ3n) is 5.47. The molecular formula is C22H20ClF2N3O4S. The van der Waals surface area contributed by atoms with Crippen molar-refractivity contribution in [1.82, 2.24) is 14.4 Å². The van der Waals surface area contributed by atoms with Crippen LogP contribution in [-0.2, 0) is 10.0 Å². The highest BCUT2D eigenvalue weighted by Gasteiger charge is 2.32. The first-order chi connectivity index (χ1) is 15.7. The van der Waals surface area contributed by atoms with Gasteiger partial charge in [0.15, 0.2) is 0 Å². The molecule has 0 saturated carbocycles. The highest BCUT2D eigenvalue weighted by atomic mass is 35.5. The number of benzene rings is 2. The summed E-state index contributed by atoms with van der Waals surface area (Å²) in [5.74, 6) is -1.42. The standard InChI is InChI=1S/C22H20ClF2N3O4S/c1-14-19(21(26-32-14)20-17(23)4-2-5-18(20)25)22(29)27-10-3-11-28(13-12-27)33(30,31)16-8-6-15(24)7-9-16/h2,4-9H,3,10-13H2,1H3. The lowest BCUT2D eigenvalue weighted by atomic mass is 10.0. The van der Waals surface area contributed by atoms with Crippen molar-refractivity contribution in [2.75, 3.05) is 26.2 Å². The number of halogens is 3. The molecule has 1 aliphatic heterocycles. The lowest BCUT2D eigenvalue weighted by molar-refractivity contribution is 0.0763. The number of sulfonamides is 1. The number of hydrogen-bond donors (Lipinski definition) is 0. The number of carbonyl (C=O) groups is 1. The van der Waals surface area contributed by atoms with E-state index in [4.69, 9.17) is 16.1 Å². The molecule has 174 valence electrons. The van der Waals surface area contributed by atoms with E-state index in [0.717, 1.165) is 12.1 Å². The van der Waals surface area contributed by atoms with E-state index in [0.29, 0.717) is 6.42 Å². The van der Waals surface area contributed by atoms with Gasteiger partial charge in [-0.15, -0.1) is 0 Å². The van der Waals surface area contributed by atoms with Crippen molar-refractivity contribution >= 4 is 27.5 Å². The van der Waals surface area contributed by atoms with Crippen LogP contribution >= 0.6 is 11.6 Å². The minimum atomic E-state index is -3.84. The first kappa shape index (κ1) is 23.3. The normalized spacial score (nSPS) is 15.5. The van der Waals surface area contributed by atoms with Crippen LogP contribution in [-0.4, -0.2) is 54.9 Å². The molecule has 1 amide bonds. The van der Waals surface area contributed by atoms with Gasteiger partial charge in [0.2, 0.25) is 10.0 Å². The Morgan fingerprint density at radius 3 is 2.48 bits per heavy atom. The molecule has 0 aliphatic carbocycles. The molecule has 11 heteroatoms. The van der Waals surface area contributed by atoms with Crippen LogP contribution in [0.1, 0.15) is 22.5 Å². The summed E-state index contributed by atoms with van der Waals surface area (Å²) in [6.07, 6.45) is 0.381. The van der Waals surface area contributed by atoms with Gasteiger partial charge in [-0.2, -0.15) is 4.31 Å². The molecule has 0 spiro atoms. The second-order valence-electron chi connectivity index (χ2n) is 7.56. The Balaban J connectivity index is 1.58. The number of amides is 1. The number of carbonyl (C=O) groups excluding carboxylic acids is 1. The zero-order valence-corrected chi connectivity index (χ0v) is 19.2. The largest absolute Gasteiger partial charge is 0.360 e. The molecule has 33 heavy (non-hydrogen) atoms. The number of rotatable bonds is 4. The fraction of sp³-hybridized carbons (Fsp3) is 0.273. The molecule has 0 bridgehead atoms. The van der Waals surface area contributed by atoms with E-state index in [9.17, 15) is 22.0 Å². The lowest BCUT2D eigenvalue weighted by Crippen LogP contribution is -2.37. The highest BCUT2D eigenvalue weighted by Crippen LogP contribution is 2.34. The molecule has 0 atom stereocenters. The molecule has 4 rings (SSSR count). The summed E-state index contributed by atoms with van der Waals surface area (Å²) in [4.78, 5) is 14.8. The predicted molar refractivity (Wildman–Crippen MR) is 117 cm³/mol. The first-order valence-corrected chi connectivity index (χ1v) is 12.0. The Bertz CT molecular complexity index is 1280. The summed E-state index contributed by atoms with van der Waals surface area (Å²) in [5.41, 5.74) is 0.0483. The number of aryl methyl sites for hydroxylation is 1. The molecular weight excluding hydrogens is 476 g/mol. The van der Waals surface area contributed by atoms with Crippen LogP contribution < -0.4 is 0 Å². The van der Waals surface area contributed by atoms with E-state index < -0.39 is 27.6 Å². The van der Waals surface area contributed by atoms with Gasteiger partial charge in [0.1, 0.15) is 28.7 Å². The quantitative estimate of drug-likeness (QED) is 0.543. The first-order valence-electron chi connectivity index (χ1n) is 10.2. The van der Waals surface area contributed by atoms with Crippen molar-refractivity contribution in [2.45, 2.75) is 18.2 Å². The van der Waals surface area contributed by atoms with Crippen molar-refractivity contribution in [3.05, 3.63) is 70.4 Å². The van der Waals surface area contributed by atoms with Crippen molar-refractivity contribution in [1.29, 1.82) is 0 Å². The van der Waals surface area contributed by atoms with Crippen LogP contribution in [0.3, 0.4) is 0 Å². The molecule has 0 radical (unpaired) electrons. The van der Waals surface area contributed by atoms with E-state index in [-0.39, 0.29) is 58.7 Å². The summed E-state index contributed by atoms with van der Waals surface area (Å²) in [5, 5.41) is 3.95. The molecule has 2 aromatic carbocycles. The predicted octanol–water partition coefficient (Wildman–Crippen LogP) is 4.12. The van der Waals surface area contributed by atoms with Gasteiger partial charge in [0, 0.05) is 26.2 Å². The fourth-order valence-electron chi connectivity index (χ4n) is 3.77. The van der Waals surface area contributed by atoms with Crippen LogP contribution in [0.4, 0.5) is 8.78 Å². The van der Waals surface area contributed by atoms with Gasteiger partial charge >= 0.3 is 0 Å². The van der Waals surface area contributed by atoms with E-state index in [1.165, 1.54) is 39.5 Å². The second-order valence-corrected chi connectivity index (χ2v) is 9.91. The van der Waals surface area contributed by atoms with Crippen LogP contribution in [0.5, 0.6) is 0 Å². The topological polar surface area (TPSA) is 83.7 Å². The molecule has 1 fully saturated rings. The summed E-state index contributed by atoms with van der Waals surface area (Å²) in [6, 6.07) is 8.74. The van der Waals surface area contributed by atoms with Gasteiger partial charge in [0.25, 0.3) is 5.91 Å². The molecule has 1 aromatic heterocycles. The van der Waals surface area contributed by atoms with E-state index >= 15 is 0 Å². The van der Waals surface area contributed by atoms with Crippen molar-refractivity contribution < 1.29 is 26.5 Å². The molecule has 0 unspecified atom stereocenters. The minimum Gasteiger partial charge on any atom is -0.360 e. The number of aromatic nitrogens is 1. The van der Waals surface area contributed by atoms with Crippen LogP contribution in [0.25, 0.3) is 11.3 Å². The fourth-order valence-corrected chi connectivity index (χ4v) is 5.49. The van der Waals surface area contributed by atoms with E-state index in [1.807, 2.05) is 0 Å². The molecule has 2 heterocycles. The maximum atomic E-state index is 14.5. The summed E-state index contributed by atoms with van der Waals surface area (Å²) in [6.45, 7) is 2.17. The monoisotopic (exact) mass is 495 g/mol. The molecule has 1 aliphatic rings. The zero-order valence-electron chi connectivity index (χ0n) is 17.6. The highest BCUT2D eigenvalue weighted by molar-refractivity contribution is 7.89. The SMILES string of the molecule is Cc1onc(-c2c(F)cccc2Cl)c1C(=O)N1CCCN(S(=O)(=O)c2ccc(F)cc2)CC1. The van der Waals surface area contributed by atoms with Crippen LogP contribution in [0, 0.1) is 18.6 Å². The Morgan fingerprint density at radius 2 is 1.79 bits per heavy atom. The smallest absolute Gasteiger partial charge is 0.259 e. The molecule has 3 aromatic rings. The summed E-state index contributed by atoms with van der Waals surface area (Å²) < 4.78 is 60.0. The maximum absolute atomic E-state index is 14.5. The van der Waals surface area contributed by atoms with Gasteiger partial charge in [-0.3, -0.25) is 4.79 Å². The van der Waals surface area contributed by atoms with Crippen molar-refractivity contribution in [3.63, 3.8) is 0 Å².